The number of anilines is 1. The van der Waals surface area contributed by atoms with Crippen LogP contribution < -0.4 is 15.2 Å². The third-order valence-electron chi connectivity index (χ3n) is 5.03. The summed E-state index contributed by atoms with van der Waals surface area (Å²) >= 11 is 6.17. The van der Waals surface area contributed by atoms with Crippen LogP contribution in [0, 0.1) is 0 Å². The Morgan fingerprint density at radius 1 is 0.966 bits per heavy atom. The Morgan fingerprint density at radius 2 is 1.62 bits per heavy atom. The van der Waals surface area contributed by atoms with Gasteiger partial charge in [0.15, 0.2) is 11.6 Å². The fourth-order valence-electron chi connectivity index (χ4n) is 3.53. The first-order valence-electron chi connectivity index (χ1n) is 9.38. The number of carbonyl (C=O) groups excluding carboxylic acids is 2. The number of imide groups is 1. The maximum atomic E-state index is 13.1. The predicted molar refractivity (Wildman–Crippen MR) is 112 cm³/mol. The van der Waals surface area contributed by atoms with E-state index < -0.39 is 11.8 Å². The molecule has 1 aliphatic heterocycles. The highest BCUT2D eigenvalue weighted by Crippen LogP contribution is 2.39. The Morgan fingerprint density at radius 3 is 2.24 bits per heavy atom. The molecular weight excluding hydrogens is 392 g/mol. The number of ether oxygens (including phenoxy) is 1. The van der Waals surface area contributed by atoms with Crippen molar-refractivity contribution in [1.82, 2.24) is 4.57 Å². The second-order valence-corrected chi connectivity index (χ2v) is 7.34. The first kappa shape index (κ1) is 19.2. The van der Waals surface area contributed by atoms with Crippen molar-refractivity contribution in [1.29, 1.82) is 0 Å². The lowest BCUT2D eigenvalue weighted by Crippen LogP contribution is -2.35. The van der Waals surface area contributed by atoms with Crippen LogP contribution in [0.3, 0.4) is 0 Å². The third kappa shape index (κ3) is 3.00. The molecule has 2 aromatic carbocycles. The number of nitrogens with zero attached hydrogens (tertiary/aromatic N) is 2. The van der Waals surface area contributed by atoms with Gasteiger partial charge in [0.25, 0.3) is 17.4 Å². The van der Waals surface area contributed by atoms with Crippen molar-refractivity contribution in [2.24, 2.45) is 7.05 Å². The molecule has 1 aromatic heterocycles. The van der Waals surface area contributed by atoms with E-state index in [0.29, 0.717) is 39.3 Å². The van der Waals surface area contributed by atoms with Crippen molar-refractivity contribution in [3.8, 4) is 5.75 Å². The molecule has 29 heavy (non-hydrogen) atoms. The number of amides is 2. The van der Waals surface area contributed by atoms with Gasteiger partial charge in [0, 0.05) is 17.5 Å². The maximum Gasteiger partial charge on any atom is 0.267 e. The summed E-state index contributed by atoms with van der Waals surface area (Å²) in [5.74, 6) is -0.552. The van der Waals surface area contributed by atoms with Gasteiger partial charge >= 0.3 is 0 Å². The molecule has 148 valence electrons. The summed E-state index contributed by atoms with van der Waals surface area (Å²) < 4.78 is 7.32. The molecule has 0 atom stereocenters. The average Bonchev–Trinajstić information content (AvgIpc) is 2.97. The largest absolute Gasteiger partial charge is 0.489 e. The predicted octanol–water partition coefficient (Wildman–Crippen LogP) is 4.17. The Hall–Kier alpha value is -3.12. The zero-order chi connectivity index (χ0) is 20.7. The Balaban J connectivity index is 2.00. The number of fused-ring (bicyclic) bond motifs is 2. The molecule has 4 rings (SSSR count). The Kier molecular flexibility index (Phi) is 4.88. The van der Waals surface area contributed by atoms with E-state index in [1.54, 1.807) is 42.5 Å². The molecule has 2 heterocycles. The van der Waals surface area contributed by atoms with Gasteiger partial charge in [-0.15, -0.1) is 0 Å². The van der Waals surface area contributed by atoms with Gasteiger partial charge in [-0.3, -0.25) is 19.0 Å². The summed E-state index contributed by atoms with van der Waals surface area (Å²) in [5, 5.41) is 1.31. The number of halogens is 1. The Labute approximate surface area is 172 Å². The lowest BCUT2D eigenvalue weighted by Gasteiger charge is -2.23. The molecule has 0 fully saturated rings. The van der Waals surface area contributed by atoms with E-state index in [9.17, 15) is 14.4 Å². The number of pyridine rings is 1. The summed E-state index contributed by atoms with van der Waals surface area (Å²) in [5.41, 5.74) is 0.261. The van der Waals surface area contributed by atoms with E-state index in [0.717, 1.165) is 17.7 Å². The molecule has 0 bridgehead atoms. The molecule has 2 amide bonds. The lowest BCUT2D eigenvalue weighted by molar-refractivity contribution is 0.0922. The van der Waals surface area contributed by atoms with Crippen molar-refractivity contribution in [3.63, 3.8) is 0 Å². The van der Waals surface area contributed by atoms with Gasteiger partial charge in [-0.1, -0.05) is 37.1 Å². The van der Waals surface area contributed by atoms with Gasteiger partial charge < -0.3 is 4.74 Å². The minimum absolute atomic E-state index is 0.118. The van der Waals surface area contributed by atoms with Crippen molar-refractivity contribution < 1.29 is 14.3 Å². The monoisotopic (exact) mass is 410 g/mol. The first-order chi connectivity index (χ1) is 14.0. The van der Waals surface area contributed by atoms with Crippen LogP contribution >= 0.6 is 11.6 Å². The van der Waals surface area contributed by atoms with Crippen LogP contribution in [-0.4, -0.2) is 23.0 Å². The van der Waals surface area contributed by atoms with Crippen LogP contribution in [0.5, 0.6) is 5.75 Å². The average molecular weight is 411 g/mol. The van der Waals surface area contributed by atoms with Crippen molar-refractivity contribution in [2.45, 2.75) is 19.8 Å². The highest BCUT2D eigenvalue weighted by Gasteiger charge is 2.40. The lowest BCUT2D eigenvalue weighted by atomic mass is 10.1. The standard InChI is InChI=1S/C22H19ClN2O4/c1-3-4-11-29-18-17-12-13(23)9-10-16(17)20(26)24(2)19(18)25-21(27)14-7-5-6-8-15(14)22(25)28/h5-10,12H,3-4,11H2,1-2H3. The molecule has 0 N–H and O–H groups in total. The first-order valence-corrected chi connectivity index (χ1v) is 9.76. The highest BCUT2D eigenvalue weighted by atomic mass is 35.5. The van der Waals surface area contributed by atoms with E-state index in [4.69, 9.17) is 16.3 Å². The van der Waals surface area contributed by atoms with Crippen LogP contribution in [0.4, 0.5) is 5.82 Å². The van der Waals surface area contributed by atoms with Crippen LogP contribution in [0.2, 0.25) is 5.02 Å². The molecule has 7 heteroatoms. The number of hydrogen-bond acceptors (Lipinski definition) is 4. The molecule has 6 nitrogen and oxygen atoms in total. The fourth-order valence-corrected chi connectivity index (χ4v) is 3.71. The second kappa shape index (κ2) is 7.37. The van der Waals surface area contributed by atoms with E-state index in [2.05, 4.69) is 0 Å². The van der Waals surface area contributed by atoms with E-state index >= 15 is 0 Å². The molecular formula is C22H19ClN2O4. The van der Waals surface area contributed by atoms with Crippen LogP contribution in [0.15, 0.2) is 47.3 Å². The molecule has 0 spiro atoms. The molecule has 0 saturated carbocycles. The second-order valence-electron chi connectivity index (χ2n) is 6.90. The molecule has 3 aromatic rings. The van der Waals surface area contributed by atoms with Crippen LogP contribution in [-0.2, 0) is 7.05 Å². The van der Waals surface area contributed by atoms with Crippen molar-refractivity contribution >= 4 is 40.0 Å². The van der Waals surface area contributed by atoms with Crippen LogP contribution in [0.1, 0.15) is 40.5 Å². The normalized spacial score (nSPS) is 13.3. The van der Waals surface area contributed by atoms with Gasteiger partial charge in [-0.25, -0.2) is 4.90 Å². The fraction of sp³-hybridized carbons (Fsp3) is 0.227. The minimum Gasteiger partial charge on any atom is -0.489 e. The zero-order valence-corrected chi connectivity index (χ0v) is 16.8. The smallest absolute Gasteiger partial charge is 0.267 e. The van der Waals surface area contributed by atoms with Gasteiger partial charge in [0.05, 0.1) is 23.1 Å². The van der Waals surface area contributed by atoms with Gasteiger partial charge in [-0.2, -0.15) is 0 Å². The van der Waals surface area contributed by atoms with Gasteiger partial charge in [0.1, 0.15) is 0 Å². The maximum absolute atomic E-state index is 13.1. The summed E-state index contributed by atoms with van der Waals surface area (Å²) in [6.45, 7) is 2.41. The highest BCUT2D eigenvalue weighted by molar-refractivity contribution is 6.35. The summed E-state index contributed by atoms with van der Waals surface area (Å²) in [7, 11) is 1.53. The molecule has 1 aliphatic rings. The van der Waals surface area contributed by atoms with Crippen LogP contribution in [0.25, 0.3) is 10.8 Å². The van der Waals surface area contributed by atoms with Gasteiger partial charge in [0.2, 0.25) is 0 Å². The number of aromatic nitrogens is 1. The summed E-state index contributed by atoms with van der Waals surface area (Å²) in [6, 6.07) is 11.5. The Bertz CT molecular complexity index is 1180. The zero-order valence-electron chi connectivity index (χ0n) is 16.1. The van der Waals surface area contributed by atoms with E-state index in [-0.39, 0.29) is 11.4 Å². The van der Waals surface area contributed by atoms with E-state index in [1.165, 1.54) is 11.6 Å². The number of rotatable bonds is 5. The SMILES string of the molecule is CCCCOc1c(N2C(=O)c3ccccc3C2=O)n(C)c(=O)c2ccc(Cl)cc12. The number of benzene rings is 2. The van der Waals surface area contributed by atoms with Gasteiger partial charge in [-0.05, 0) is 36.8 Å². The quantitative estimate of drug-likeness (QED) is 0.467. The summed E-state index contributed by atoms with van der Waals surface area (Å²) in [6.07, 6.45) is 1.69. The minimum atomic E-state index is -0.484. The molecule has 0 saturated heterocycles. The van der Waals surface area contributed by atoms with E-state index in [1.807, 2.05) is 6.92 Å². The number of unbranched alkanes of at least 4 members (excludes halogenated alkanes) is 1. The van der Waals surface area contributed by atoms with Crippen molar-refractivity contribution in [2.75, 3.05) is 11.5 Å². The molecule has 0 aliphatic carbocycles. The molecule has 0 radical (unpaired) electrons. The van der Waals surface area contributed by atoms with Crippen molar-refractivity contribution in [3.05, 3.63) is 69.0 Å². The number of hydrogen-bond donors (Lipinski definition) is 0. The summed E-state index contributed by atoms with van der Waals surface area (Å²) in [4.78, 5) is 40.2. The third-order valence-corrected chi connectivity index (χ3v) is 5.27. The topological polar surface area (TPSA) is 68.6 Å². The number of carbonyl (C=O) groups is 2. The molecule has 0 unspecified atom stereocenters.